The van der Waals surface area contributed by atoms with Gasteiger partial charge in [0, 0.05) is 30.5 Å². The predicted molar refractivity (Wildman–Crippen MR) is 106 cm³/mol. The molecule has 9 heteroatoms. The smallest absolute Gasteiger partial charge is 0.416 e. The molecule has 31 heavy (non-hydrogen) atoms. The van der Waals surface area contributed by atoms with Crippen LogP contribution in [0.5, 0.6) is 0 Å². The molecule has 1 amide bonds. The van der Waals surface area contributed by atoms with Crippen molar-refractivity contribution in [2.24, 2.45) is 0 Å². The van der Waals surface area contributed by atoms with Crippen molar-refractivity contribution in [1.29, 1.82) is 0 Å². The SMILES string of the molecule is O=C(O)c1c(C(=O)N2CCOCC2)c2ccccc2n1Cc1cccc(C(F)(F)F)c1. The number of alkyl halides is 3. The lowest BCUT2D eigenvalue weighted by Crippen LogP contribution is -2.41. The standard InChI is InChI=1S/C22H19F3N2O4/c23-22(24,25)15-5-3-4-14(12-15)13-27-17-7-2-1-6-16(17)18(19(27)21(29)30)20(28)26-8-10-31-11-9-26/h1-7,12H,8-11,13H2,(H,29,30). The summed E-state index contributed by atoms with van der Waals surface area (Å²) in [7, 11) is 0. The lowest BCUT2D eigenvalue weighted by molar-refractivity contribution is -0.137. The number of morpholine rings is 1. The molecule has 1 N–H and O–H groups in total. The van der Waals surface area contributed by atoms with E-state index in [2.05, 4.69) is 0 Å². The molecule has 4 rings (SSSR count). The number of amides is 1. The molecule has 0 bridgehead atoms. The first-order valence-electron chi connectivity index (χ1n) is 9.65. The number of carbonyl (C=O) groups excluding carboxylic acids is 1. The molecule has 0 saturated carbocycles. The fourth-order valence-electron chi connectivity index (χ4n) is 3.86. The molecule has 6 nitrogen and oxygen atoms in total. The molecule has 2 heterocycles. The van der Waals surface area contributed by atoms with Crippen molar-refractivity contribution >= 4 is 22.8 Å². The number of para-hydroxylation sites is 1. The van der Waals surface area contributed by atoms with Gasteiger partial charge in [0.05, 0.1) is 24.3 Å². The molecule has 3 aromatic rings. The highest BCUT2D eigenvalue weighted by Gasteiger charge is 2.32. The number of carboxylic acids is 1. The molecule has 0 radical (unpaired) electrons. The highest BCUT2D eigenvalue weighted by atomic mass is 19.4. The van der Waals surface area contributed by atoms with Gasteiger partial charge in [-0.1, -0.05) is 30.3 Å². The molecule has 1 fully saturated rings. The second kappa shape index (κ2) is 8.07. The van der Waals surface area contributed by atoms with Crippen molar-refractivity contribution in [1.82, 2.24) is 9.47 Å². The summed E-state index contributed by atoms with van der Waals surface area (Å²) in [6.45, 7) is 1.27. The maximum absolute atomic E-state index is 13.2. The van der Waals surface area contributed by atoms with E-state index in [0.29, 0.717) is 37.2 Å². The van der Waals surface area contributed by atoms with Gasteiger partial charge in [0.15, 0.2) is 0 Å². The Hall–Kier alpha value is -3.33. The van der Waals surface area contributed by atoms with E-state index < -0.39 is 23.6 Å². The van der Waals surface area contributed by atoms with Crippen LogP contribution in [-0.2, 0) is 17.5 Å². The van der Waals surface area contributed by atoms with Crippen molar-refractivity contribution in [2.75, 3.05) is 26.3 Å². The van der Waals surface area contributed by atoms with Gasteiger partial charge in [0.25, 0.3) is 5.91 Å². The number of hydrogen-bond donors (Lipinski definition) is 1. The normalized spacial score (nSPS) is 14.7. The monoisotopic (exact) mass is 432 g/mol. The molecule has 2 aromatic carbocycles. The Kier molecular flexibility index (Phi) is 5.45. The first kappa shape index (κ1) is 20.9. The minimum atomic E-state index is -4.51. The van der Waals surface area contributed by atoms with E-state index in [1.54, 1.807) is 24.3 Å². The Morgan fingerprint density at radius 2 is 1.74 bits per heavy atom. The van der Waals surface area contributed by atoms with Crippen LogP contribution in [0, 0.1) is 0 Å². The van der Waals surface area contributed by atoms with Crippen LogP contribution in [0.1, 0.15) is 32.0 Å². The Bertz CT molecular complexity index is 1150. The number of ether oxygens (including phenoxy) is 1. The summed E-state index contributed by atoms with van der Waals surface area (Å²) in [4.78, 5) is 27.0. The molecule has 1 saturated heterocycles. The number of carboxylic acid groups (broad SMARTS) is 1. The van der Waals surface area contributed by atoms with Crippen LogP contribution >= 0.6 is 0 Å². The van der Waals surface area contributed by atoms with Crippen LogP contribution < -0.4 is 0 Å². The van der Waals surface area contributed by atoms with Gasteiger partial charge < -0.3 is 19.3 Å². The molecule has 1 aliphatic rings. The summed E-state index contributed by atoms with van der Waals surface area (Å²) in [6.07, 6.45) is -4.51. The van der Waals surface area contributed by atoms with Crippen LogP contribution in [0.2, 0.25) is 0 Å². The molecule has 162 valence electrons. The molecule has 0 unspecified atom stereocenters. The number of benzene rings is 2. The van der Waals surface area contributed by atoms with Gasteiger partial charge in [-0.25, -0.2) is 4.79 Å². The molecule has 1 aromatic heterocycles. The van der Waals surface area contributed by atoms with E-state index in [1.807, 2.05) is 0 Å². The minimum absolute atomic E-state index is 0.0389. The zero-order valence-electron chi connectivity index (χ0n) is 16.4. The van der Waals surface area contributed by atoms with Gasteiger partial charge in [-0.15, -0.1) is 0 Å². The number of fused-ring (bicyclic) bond motifs is 1. The first-order valence-corrected chi connectivity index (χ1v) is 9.65. The Balaban J connectivity index is 1.85. The van der Waals surface area contributed by atoms with E-state index in [9.17, 15) is 27.9 Å². The molecule has 1 aliphatic heterocycles. The third kappa shape index (κ3) is 4.00. The van der Waals surface area contributed by atoms with Crippen molar-refractivity contribution in [3.05, 3.63) is 70.9 Å². The Morgan fingerprint density at radius 1 is 1.03 bits per heavy atom. The van der Waals surface area contributed by atoms with Gasteiger partial charge in [-0.05, 0) is 23.8 Å². The van der Waals surface area contributed by atoms with Crippen LogP contribution in [-0.4, -0.2) is 52.8 Å². The highest BCUT2D eigenvalue weighted by molar-refractivity contribution is 6.14. The fourth-order valence-corrected chi connectivity index (χ4v) is 3.86. The fraction of sp³-hybridized carbons (Fsp3) is 0.273. The lowest BCUT2D eigenvalue weighted by Gasteiger charge is -2.27. The van der Waals surface area contributed by atoms with E-state index in [0.717, 1.165) is 12.1 Å². The average molecular weight is 432 g/mol. The molecular formula is C22H19F3N2O4. The summed E-state index contributed by atoms with van der Waals surface area (Å²) < 4.78 is 46.0. The number of nitrogens with zero attached hydrogens (tertiary/aromatic N) is 2. The van der Waals surface area contributed by atoms with Crippen molar-refractivity contribution in [3.63, 3.8) is 0 Å². The zero-order chi connectivity index (χ0) is 22.2. The third-order valence-electron chi connectivity index (χ3n) is 5.28. The highest BCUT2D eigenvalue weighted by Crippen LogP contribution is 2.32. The van der Waals surface area contributed by atoms with Gasteiger partial charge in [0.2, 0.25) is 0 Å². The number of aromatic carboxylic acids is 1. The van der Waals surface area contributed by atoms with E-state index in [1.165, 1.54) is 21.6 Å². The van der Waals surface area contributed by atoms with Crippen LogP contribution in [0.15, 0.2) is 48.5 Å². The average Bonchev–Trinajstić information content (AvgIpc) is 3.08. The number of carbonyl (C=O) groups is 2. The van der Waals surface area contributed by atoms with Gasteiger partial charge in [-0.3, -0.25) is 4.79 Å². The van der Waals surface area contributed by atoms with Crippen molar-refractivity contribution in [3.8, 4) is 0 Å². The number of rotatable bonds is 4. The largest absolute Gasteiger partial charge is 0.477 e. The van der Waals surface area contributed by atoms with Gasteiger partial charge in [-0.2, -0.15) is 13.2 Å². The van der Waals surface area contributed by atoms with Gasteiger partial charge >= 0.3 is 12.1 Å². The second-order valence-electron chi connectivity index (χ2n) is 7.23. The predicted octanol–water partition coefficient (Wildman–Crippen LogP) is 3.88. The van der Waals surface area contributed by atoms with Crippen LogP contribution in [0.3, 0.4) is 0 Å². The summed E-state index contributed by atoms with van der Waals surface area (Å²) in [6, 6.07) is 11.4. The number of aromatic nitrogens is 1. The molecule has 0 atom stereocenters. The Labute approximate surface area is 175 Å². The maximum atomic E-state index is 13.2. The number of halogens is 3. The van der Waals surface area contributed by atoms with E-state index in [4.69, 9.17) is 4.74 Å². The molecular weight excluding hydrogens is 413 g/mol. The van der Waals surface area contributed by atoms with Crippen LogP contribution in [0.25, 0.3) is 10.9 Å². The summed E-state index contributed by atoms with van der Waals surface area (Å²) >= 11 is 0. The summed E-state index contributed by atoms with van der Waals surface area (Å²) in [5, 5.41) is 10.4. The van der Waals surface area contributed by atoms with E-state index >= 15 is 0 Å². The quantitative estimate of drug-likeness (QED) is 0.679. The van der Waals surface area contributed by atoms with Gasteiger partial charge in [0.1, 0.15) is 5.69 Å². The van der Waals surface area contributed by atoms with Crippen LogP contribution in [0.4, 0.5) is 13.2 Å². The topological polar surface area (TPSA) is 71.8 Å². The first-order chi connectivity index (χ1) is 14.8. The third-order valence-corrected chi connectivity index (χ3v) is 5.28. The van der Waals surface area contributed by atoms with Crippen molar-refractivity contribution in [2.45, 2.75) is 12.7 Å². The van der Waals surface area contributed by atoms with Crippen molar-refractivity contribution < 1.29 is 32.6 Å². The molecule has 0 spiro atoms. The summed E-state index contributed by atoms with van der Waals surface area (Å²) in [5.41, 5.74) is -0.271. The Morgan fingerprint density at radius 3 is 2.42 bits per heavy atom. The zero-order valence-corrected chi connectivity index (χ0v) is 16.4. The molecule has 0 aliphatic carbocycles. The minimum Gasteiger partial charge on any atom is -0.477 e. The summed E-state index contributed by atoms with van der Waals surface area (Å²) in [5.74, 6) is -1.75. The second-order valence-corrected chi connectivity index (χ2v) is 7.23. The lowest BCUT2D eigenvalue weighted by atomic mass is 10.1. The van der Waals surface area contributed by atoms with E-state index in [-0.39, 0.29) is 23.4 Å². The maximum Gasteiger partial charge on any atom is 0.416 e. The number of hydrogen-bond acceptors (Lipinski definition) is 3.